The lowest BCUT2D eigenvalue weighted by atomic mass is 9.83. The zero-order valence-electron chi connectivity index (χ0n) is 14.7. The monoisotopic (exact) mass is 331 g/mol. The van der Waals surface area contributed by atoms with Crippen LogP contribution in [0, 0.1) is 0 Å². The number of carbonyl (C=O) groups excluding carboxylic acids is 1. The van der Waals surface area contributed by atoms with Crippen molar-refractivity contribution in [2.75, 3.05) is 13.1 Å². The van der Waals surface area contributed by atoms with Crippen molar-refractivity contribution in [3.63, 3.8) is 0 Å². The fraction of sp³-hybridized carbons (Fsp3) is 0.348. The minimum absolute atomic E-state index is 0.194. The van der Waals surface area contributed by atoms with E-state index < -0.39 is 0 Å². The van der Waals surface area contributed by atoms with E-state index in [0.717, 1.165) is 37.1 Å². The number of rotatable bonds is 3. The summed E-state index contributed by atoms with van der Waals surface area (Å²) in [5.41, 5.74) is 5.48. The number of allylic oxidation sites excluding steroid dienone is 1. The molecule has 2 heteroatoms. The average molecular weight is 331 g/mol. The second-order valence-corrected chi connectivity index (χ2v) is 7.14. The van der Waals surface area contributed by atoms with E-state index in [1.807, 2.05) is 36.4 Å². The molecule has 1 aliphatic carbocycles. The number of piperidine rings is 1. The van der Waals surface area contributed by atoms with Crippen molar-refractivity contribution < 1.29 is 4.79 Å². The second-order valence-electron chi connectivity index (χ2n) is 7.14. The van der Waals surface area contributed by atoms with E-state index in [1.54, 1.807) is 11.1 Å². The van der Waals surface area contributed by atoms with Crippen molar-refractivity contribution in [1.29, 1.82) is 0 Å². The third-order valence-corrected chi connectivity index (χ3v) is 5.65. The van der Waals surface area contributed by atoms with Gasteiger partial charge in [-0.15, -0.1) is 0 Å². The van der Waals surface area contributed by atoms with E-state index in [0.29, 0.717) is 0 Å². The molecule has 2 aliphatic rings. The number of benzene rings is 2. The lowest BCUT2D eigenvalue weighted by molar-refractivity contribution is -0.132. The molecule has 0 N–H and O–H groups in total. The van der Waals surface area contributed by atoms with Gasteiger partial charge in [-0.05, 0) is 43.2 Å². The Bertz CT molecular complexity index is 708. The van der Waals surface area contributed by atoms with Gasteiger partial charge in [0.25, 0.3) is 0 Å². The molecule has 1 saturated heterocycles. The van der Waals surface area contributed by atoms with Crippen LogP contribution in [0.2, 0.25) is 0 Å². The summed E-state index contributed by atoms with van der Waals surface area (Å²) in [5, 5.41) is 0. The first-order chi connectivity index (χ1) is 12.3. The number of nitrogens with zero attached hydrogens (tertiary/aromatic N) is 1. The minimum atomic E-state index is -0.194. The summed E-state index contributed by atoms with van der Waals surface area (Å²) in [6, 6.07) is 20.4. The molecule has 25 heavy (non-hydrogen) atoms. The van der Waals surface area contributed by atoms with Gasteiger partial charge in [0, 0.05) is 13.1 Å². The maximum Gasteiger partial charge on any atom is 0.234 e. The molecule has 4 rings (SSSR count). The van der Waals surface area contributed by atoms with E-state index >= 15 is 0 Å². The van der Waals surface area contributed by atoms with Crippen molar-refractivity contribution in [1.82, 2.24) is 4.90 Å². The molecule has 2 fully saturated rings. The van der Waals surface area contributed by atoms with E-state index in [4.69, 9.17) is 0 Å². The molecular formula is C23H25NO. The fourth-order valence-corrected chi connectivity index (χ4v) is 4.01. The van der Waals surface area contributed by atoms with Crippen LogP contribution in [0.5, 0.6) is 0 Å². The molecule has 1 heterocycles. The summed E-state index contributed by atoms with van der Waals surface area (Å²) in [5.74, 6) is 0.0513. The van der Waals surface area contributed by atoms with Crippen LogP contribution < -0.4 is 0 Å². The summed E-state index contributed by atoms with van der Waals surface area (Å²) in [7, 11) is 0. The van der Waals surface area contributed by atoms with Gasteiger partial charge < -0.3 is 4.90 Å². The molecular weight excluding hydrogens is 306 g/mol. The quantitative estimate of drug-likeness (QED) is 0.731. The largest absolute Gasteiger partial charge is 0.341 e. The molecule has 1 saturated carbocycles. The molecule has 2 nitrogen and oxygen atoms in total. The molecule has 1 aliphatic heterocycles. The molecule has 0 spiro atoms. The van der Waals surface area contributed by atoms with Crippen molar-refractivity contribution in [2.24, 2.45) is 0 Å². The first-order valence-electron chi connectivity index (χ1n) is 9.41. The Balaban J connectivity index is 1.56. The van der Waals surface area contributed by atoms with E-state index in [1.165, 1.54) is 19.3 Å². The minimum Gasteiger partial charge on any atom is -0.341 e. The number of likely N-dealkylation sites (tertiary alicyclic amines) is 1. The van der Waals surface area contributed by atoms with Gasteiger partial charge in [-0.3, -0.25) is 4.79 Å². The van der Waals surface area contributed by atoms with E-state index in [-0.39, 0.29) is 11.8 Å². The van der Waals surface area contributed by atoms with Crippen LogP contribution >= 0.6 is 0 Å². The van der Waals surface area contributed by atoms with Crippen LogP contribution in [0.25, 0.3) is 0 Å². The molecule has 2 aromatic rings. The number of hydrogen-bond acceptors (Lipinski definition) is 1. The van der Waals surface area contributed by atoms with Gasteiger partial charge in [0.15, 0.2) is 0 Å². The highest BCUT2D eigenvalue weighted by molar-refractivity contribution is 5.87. The van der Waals surface area contributed by atoms with Crippen molar-refractivity contribution in [3.8, 4) is 0 Å². The van der Waals surface area contributed by atoms with Gasteiger partial charge in [-0.2, -0.15) is 0 Å². The Morgan fingerprint density at radius 3 is 1.64 bits per heavy atom. The highest BCUT2D eigenvalue weighted by atomic mass is 16.2. The Morgan fingerprint density at radius 1 is 0.720 bits per heavy atom. The molecule has 2 aromatic carbocycles. The molecule has 0 aromatic heterocycles. The van der Waals surface area contributed by atoms with Crippen molar-refractivity contribution in [3.05, 3.63) is 82.9 Å². The van der Waals surface area contributed by atoms with Gasteiger partial charge in [0.2, 0.25) is 5.91 Å². The number of amides is 1. The summed E-state index contributed by atoms with van der Waals surface area (Å²) < 4.78 is 0. The predicted molar refractivity (Wildman–Crippen MR) is 101 cm³/mol. The van der Waals surface area contributed by atoms with Crippen LogP contribution in [0.4, 0.5) is 0 Å². The summed E-state index contributed by atoms with van der Waals surface area (Å²) in [6.45, 7) is 1.74. The van der Waals surface area contributed by atoms with Crippen LogP contribution in [0.1, 0.15) is 49.1 Å². The van der Waals surface area contributed by atoms with Crippen molar-refractivity contribution >= 4 is 5.91 Å². The summed E-state index contributed by atoms with van der Waals surface area (Å²) in [6.07, 6.45) is 6.07. The SMILES string of the molecule is O=C(C(c1ccccc1)c1ccccc1)N1CCC(=C2CCC2)CC1. The number of carbonyl (C=O) groups is 1. The first-order valence-corrected chi connectivity index (χ1v) is 9.41. The van der Waals surface area contributed by atoms with Crippen LogP contribution in [0.15, 0.2) is 71.8 Å². The van der Waals surface area contributed by atoms with Gasteiger partial charge in [0.1, 0.15) is 0 Å². The average Bonchev–Trinajstić information content (AvgIpc) is 2.63. The second kappa shape index (κ2) is 7.26. The van der Waals surface area contributed by atoms with Crippen LogP contribution in [-0.2, 0) is 4.79 Å². The smallest absolute Gasteiger partial charge is 0.234 e. The lowest BCUT2D eigenvalue weighted by Crippen LogP contribution is -2.40. The van der Waals surface area contributed by atoms with E-state index in [2.05, 4.69) is 29.2 Å². The predicted octanol–water partition coefficient (Wildman–Crippen LogP) is 4.92. The Hall–Kier alpha value is -2.35. The van der Waals surface area contributed by atoms with Gasteiger partial charge in [-0.25, -0.2) is 0 Å². The highest BCUT2D eigenvalue weighted by Crippen LogP contribution is 2.34. The van der Waals surface area contributed by atoms with Gasteiger partial charge in [-0.1, -0.05) is 71.8 Å². The standard InChI is InChI=1S/C23H25NO/c25-23(24-16-14-19(15-17-24)18-12-7-13-18)22(20-8-3-1-4-9-20)21-10-5-2-6-11-21/h1-6,8-11,22H,7,12-17H2. The summed E-state index contributed by atoms with van der Waals surface area (Å²) >= 11 is 0. The van der Waals surface area contributed by atoms with Crippen molar-refractivity contribution in [2.45, 2.75) is 38.0 Å². The zero-order chi connectivity index (χ0) is 17.1. The van der Waals surface area contributed by atoms with Gasteiger partial charge >= 0.3 is 0 Å². The maximum absolute atomic E-state index is 13.4. The molecule has 128 valence electrons. The normalized spacial score (nSPS) is 17.6. The van der Waals surface area contributed by atoms with E-state index in [9.17, 15) is 4.79 Å². The van der Waals surface area contributed by atoms with Crippen LogP contribution in [-0.4, -0.2) is 23.9 Å². The molecule has 0 unspecified atom stereocenters. The number of hydrogen-bond donors (Lipinski definition) is 0. The molecule has 0 bridgehead atoms. The Morgan fingerprint density at radius 2 is 1.20 bits per heavy atom. The Labute approximate surface area is 150 Å². The zero-order valence-corrected chi connectivity index (χ0v) is 14.7. The summed E-state index contributed by atoms with van der Waals surface area (Å²) in [4.78, 5) is 15.4. The molecule has 0 radical (unpaired) electrons. The Kier molecular flexibility index (Phi) is 4.69. The highest BCUT2D eigenvalue weighted by Gasteiger charge is 2.30. The third kappa shape index (κ3) is 3.39. The molecule has 0 atom stereocenters. The topological polar surface area (TPSA) is 20.3 Å². The first kappa shape index (κ1) is 16.1. The van der Waals surface area contributed by atoms with Gasteiger partial charge in [0.05, 0.1) is 5.92 Å². The maximum atomic E-state index is 13.4. The third-order valence-electron chi connectivity index (χ3n) is 5.65. The van der Waals surface area contributed by atoms with Crippen LogP contribution in [0.3, 0.4) is 0 Å². The lowest BCUT2D eigenvalue weighted by Gasteiger charge is -2.34. The fourth-order valence-electron chi connectivity index (χ4n) is 4.01. The molecule has 1 amide bonds.